The van der Waals surface area contributed by atoms with E-state index in [9.17, 15) is 14.4 Å². The summed E-state index contributed by atoms with van der Waals surface area (Å²) in [5.74, 6) is 0.963. The molecule has 0 bridgehead atoms. The van der Waals surface area contributed by atoms with Gasteiger partial charge in [0, 0.05) is 26.2 Å². The van der Waals surface area contributed by atoms with Gasteiger partial charge < -0.3 is 23.7 Å². The van der Waals surface area contributed by atoms with Crippen LogP contribution in [0.1, 0.15) is 28.8 Å². The summed E-state index contributed by atoms with van der Waals surface area (Å²) in [5.41, 5.74) is 1.70. The number of hydrogen-bond acceptors (Lipinski definition) is 6. The maximum atomic E-state index is 12.8. The fraction of sp³-hybridized carbons (Fsp3) is 0.409. The summed E-state index contributed by atoms with van der Waals surface area (Å²) in [6.07, 6.45) is -0.361. The number of ether oxygens (including phenoxy) is 2. The number of aryl methyl sites for hydroxylation is 1. The van der Waals surface area contributed by atoms with Crippen LogP contribution in [-0.2, 0) is 16.1 Å². The molecule has 0 saturated carbocycles. The van der Waals surface area contributed by atoms with Gasteiger partial charge >= 0.3 is 6.09 Å². The van der Waals surface area contributed by atoms with Crippen molar-refractivity contribution in [3.63, 3.8) is 0 Å². The highest BCUT2D eigenvalue weighted by Gasteiger charge is 2.29. The van der Waals surface area contributed by atoms with Crippen molar-refractivity contribution in [2.75, 3.05) is 44.3 Å². The molecule has 9 heteroatoms. The number of furan rings is 1. The molecule has 0 N–H and O–H groups in total. The zero-order valence-corrected chi connectivity index (χ0v) is 17.6. The van der Waals surface area contributed by atoms with Crippen LogP contribution in [0.5, 0.6) is 5.75 Å². The molecule has 1 saturated heterocycles. The highest BCUT2D eigenvalue weighted by Crippen LogP contribution is 2.34. The van der Waals surface area contributed by atoms with Gasteiger partial charge in [-0.3, -0.25) is 14.5 Å². The number of hydrogen-bond donors (Lipinski definition) is 0. The number of rotatable bonds is 4. The monoisotopic (exact) mass is 427 g/mol. The molecule has 3 heterocycles. The number of carbonyl (C=O) groups excluding carboxylic acids is 3. The number of amides is 3. The smallest absolute Gasteiger partial charge is 0.409 e. The van der Waals surface area contributed by atoms with Gasteiger partial charge in [-0.15, -0.1) is 0 Å². The van der Waals surface area contributed by atoms with Crippen molar-refractivity contribution in [2.24, 2.45) is 0 Å². The molecule has 0 unspecified atom stereocenters. The Morgan fingerprint density at radius 1 is 1.06 bits per heavy atom. The van der Waals surface area contributed by atoms with Gasteiger partial charge in [-0.05, 0) is 43.7 Å². The van der Waals surface area contributed by atoms with Gasteiger partial charge in [-0.25, -0.2) is 4.79 Å². The molecule has 0 aliphatic carbocycles. The second-order valence-electron chi connectivity index (χ2n) is 7.48. The van der Waals surface area contributed by atoms with Gasteiger partial charge in [0.15, 0.2) is 12.4 Å². The van der Waals surface area contributed by atoms with Crippen LogP contribution in [0.25, 0.3) is 0 Å². The number of anilines is 1. The van der Waals surface area contributed by atoms with Crippen LogP contribution < -0.4 is 9.64 Å². The van der Waals surface area contributed by atoms with Crippen molar-refractivity contribution < 1.29 is 28.3 Å². The molecule has 9 nitrogen and oxygen atoms in total. The van der Waals surface area contributed by atoms with Crippen LogP contribution in [0.4, 0.5) is 10.5 Å². The largest absolute Gasteiger partial charge is 0.482 e. The van der Waals surface area contributed by atoms with E-state index in [2.05, 4.69) is 0 Å². The Hall–Kier alpha value is -3.49. The van der Waals surface area contributed by atoms with Crippen molar-refractivity contribution in [1.29, 1.82) is 0 Å². The molecule has 31 heavy (non-hydrogen) atoms. The molecular formula is C22H25N3O6. The summed E-state index contributed by atoms with van der Waals surface area (Å²) in [5, 5.41) is 0. The number of benzene rings is 1. The standard InChI is InChI=1S/C22H25N3O6/c1-3-29-22(28)24-10-8-23(9-11-24)21(27)19-7-5-16(31-19)13-25-17-12-15(2)4-6-18(17)30-14-20(25)26/h4-7,12H,3,8-11,13-14H2,1-2H3. The normalized spacial score (nSPS) is 16.1. The Labute approximate surface area is 180 Å². The van der Waals surface area contributed by atoms with Crippen molar-refractivity contribution in [1.82, 2.24) is 9.80 Å². The van der Waals surface area contributed by atoms with E-state index < -0.39 is 0 Å². The minimum absolute atomic E-state index is 0.0344. The summed E-state index contributed by atoms with van der Waals surface area (Å²) in [6, 6.07) is 9.00. The predicted octanol–water partition coefficient (Wildman–Crippen LogP) is 2.43. The molecule has 0 atom stereocenters. The van der Waals surface area contributed by atoms with E-state index >= 15 is 0 Å². The van der Waals surface area contributed by atoms with E-state index in [1.54, 1.807) is 33.8 Å². The molecule has 1 aromatic carbocycles. The summed E-state index contributed by atoms with van der Waals surface area (Å²) in [7, 11) is 0. The third-order valence-electron chi connectivity index (χ3n) is 5.34. The fourth-order valence-electron chi connectivity index (χ4n) is 3.68. The molecule has 2 aliphatic rings. The summed E-state index contributed by atoms with van der Waals surface area (Å²) in [6.45, 7) is 5.84. The number of fused-ring (bicyclic) bond motifs is 1. The van der Waals surface area contributed by atoms with Gasteiger partial charge in [0.05, 0.1) is 18.8 Å². The first kappa shape index (κ1) is 20.8. The van der Waals surface area contributed by atoms with Crippen molar-refractivity contribution in [3.8, 4) is 5.75 Å². The lowest BCUT2D eigenvalue weighted by atomic mass is 10.1. The highest BCUT2D eigenvalue weighted by molar-refractivity contribution is 5.98. The van der Waals surface area contributed by atoms with Gasteiger partial charge in [0.25, 0.3) is 11.8 Å². The van der Waals surface area contributed by atoms with E-state index in [0.29, 0.717) is 50.0 Å². The molecule has 4 rings (SSSR count). The van der Waals surface area contributed by atoms with E-state index in [1.807, 2.05) is 25.1 Å². The number of piperazine rings is 1. The average molecular weight is 427 g/mol. The van der Waals surface area contributed by atoms with E-state index in [0.717, 1.165) is 5.56 Å². The minimum atomic E-state index is -0.361. The van der Waals surface area contributed by atoms with Crippen molar-refractivity contribution >= 4 is 23.6 Å². The molecule has 1 fully saturated rings. The topological polar surface area (TPSA) is 92.5 Å². The van der Waals surface area contributed by atoms with E-state index in [1.165, 1.54) is 0 Å². The Morgan fingerprint density at radius 2 is 1.81 bits per heavy atom. The lowest BCUT2D eigenvalue weighted by molar-refractivity contribution is -0.121. The maximum absolute atomic E-state index is 12.8. The first-order chi connectivity index (χ1) is 15.0. The molecule has 0 spiro atoms. The molecule has 3 amide bonds. The van der Waals surface area contributed by atoms with Gasteiger partial charge in [0.1, 0.15) is 11.5 Å². The van der Waals surface area contributed by atoms with Gasteiger partial charge in [-0.2, -0.15) is 0 Å². The lowest BCUT2D eigenvalue weighted by Gasteiger charge is -2.33. The van der Waals surface area contributed by atoms with E-state index in [4.69, 9.17) is 13.9 Å². The van der Waals surface area contributed by atoms with Crippen LogP contribution in [-0.4, -0.2) is 67.1 Å². The average Bonchev–Trinajstić information content (AvgIpc) is 3.24. The molecule has 0 radical (unpaired) electrons. The van der Waals surface area contributed by atoms with Crippen molar-refractivity contribution in [2.45, 2.75) is 20.4 Å². The lowest BCUT2D eigenvalue weighted by Crippen LogP contribution is -2.50. The second-order valence-corrected chi connectivity index (χ2v) is 7.48. The van der Waals surface area contributed by atoms with Gasteiger partial charge in [-0.1, -0.05) is 6.07 Å². The zero-order valence-electron chi connectivity index (χ0n) is 17.6. The third-order valence-corrected chi connectivity index (χ3v) is 5.34. The van der Waals surface area contributed by atoms with E-state index in [-0.39, 0.29) is 36.8 Å². The summed E-state index contributed by atoms with van der Waals surface area (Å²) in [4.78, 5) is 41.9. The molecule has 1 aromatic heterocycles. The Balaban J connectivity index is 1.41. The maximum Gasteiger partial charge on any atom is 0.409 e. The predicted molar refractivity (Wildman–Crippen MR) is 111 cm³/mol. The first-order valence-electron chi connectivity index (χ1n) is 10.3. The molecule has 2 aromatic rings. The Bertz CT molecular complexity index is 993. The summed E-state index contributed by atoms with van der Waals surface area (Å²) < 4.78 is 16.3. The number of carbonyl (C=O) groups is 3. The van der Waals surface area contributed by atoms with Crippen molar-refractivity contribution in [3.05, 3.63) is 47.4 Å². The third kappa shape index (κ3) is 4.35. The first-order valence-corrected chi connectivity index (χ1v) is 10.3. The molecular weight excluding hydrogens is 402 g/mol. The van der Waals surface area contributed by atoms with Crippen LogP contribution in [0.3, 0.4) is 0 Å². The van der Waals surface area contributed by atoms with Crippen LogP contribution in [0.2, 0.25) is 0 Å². The Kier molecular flexibility index (Phi) is 5.83. The minimum Gasteiger partial charge on any atom is -0.482 e. The highest BCUT2D eigenvalue weighted by atomic mass is 16.6. The fourth-order valence-corrected chi connectivity index (χ4v) is 3.68. The van der Waals surface area contributed by atoms with Crippen LogP contribution >= 0.6 is 0 Å². The van der Waals surface area contributed by atoms with Crippen LogP contribution in [0, 0.1) is 6.92 Å². The quantitative estimate of drug-likeness (QED) is 0.744. The Morgan fingerprint density at radius 3 is 2.55 bits per heavy atom. The summed E-state index contributed by atoms with van der Waals surface area (Å²) >= 11 is 0. The number of nitrogens with zero attached hydrogens (tertiary/aromatic N) is 3. The second kappa shape index (κ2) is 8.71. The molecule has 164 valence electrons. The van der Waals surface area contributed by atoms with Crippen LogP contribution in [0.15, 0.2) is 34.7 Å². The SMILES string of the molecule is CCOC(=O)N1CCN(C(=O)c2ccc(CN3C(=O)COc4ccc(C)cc43)o2)CC1. The van der Waals surface area contributed by atoms with Gasteiger partial charge in [0.2, 0.25) is 0 Å². The zero-order chi connectivity index (χ0) is 22.0. The molecule has 2 aliphatic heterocycles.